The van der Waals surface area contributed by atoms with Crippen molar-refractivity contribution >= 4 is 5.69 Å². The van der Waals surface area contributed by atoms with Crippen molar-refractivity contribution in [2.45, 2.75) is 33.1 Å². The van der Waals surface area contributed by atoms with Crippen LogP contribution >= 0.6 is 0 Å². The highest BCUT2D eigenvalue weighted by Crippen LogP contribution is 2.47. The molecule has 1 saturated carbocycles. The second-order valence-corrected chi connectivity index (χ2v) is 5.17. The summed E-state index contributed by atoms with van der Waals surface area (Å²) in [5.74, 6) is 0. The summed E-state index contributed by atoms with van der Waals surface area (Å²) in [5, 5.41) is 9.33. The van der Waals surface area contributed by atoms with Gasteiger partial charge in [-0.1, -0.05) is 12.1 Å². The zero-order valence-corrected chi connectivity index (χ0v) is 10.9. The summed E-state index contributed by atoms with van der Waals surface area (Å²) in [4.78, 5) is 2.35. The molecule has 0 heterocycles. The van der Waals surface area contributed by atoms with Gasteiger partial charge in [-0.05, 0) is 56.2 Å². The summed E-state index contributed by atoms with van der Waals surface area (Å²) < 4.78 is 0. The molecular formula is C15H23NO. The highest BCUT2D eigenvalue weighted by molar-refractivity contribution is 5.47. The molecule has 0 radical (unpaired) electrons. The Morgan fingerprint density at radius 3 is 2.12 bits per heavy atom. The van der Waals surface area contributed by atoms with Crippen molar-refractivity contribution in [3.8, 4) is 0 Å². The van der Waals surface area contributed by atoms with Crippen molar-refractivity contribution in [3.63, 3.8) is 0 Å². The van der Waals surface area contributed by atoms with Crippen LogP contribution in [0.5, 0.6) is 0 Å². The van der Waals surface area contributed by atoms with Crippen LogP contribution in [0.2, 0.25) is 0 Å². The summed E-state index contributed by atoms with van der Waals surface area (Å²) in [7, 11) is 0. The van der Waals surface area contributed by atoms with Gasteiger partial charge in [0.15, 0.2) is 0 Å². The van der Waals surface area contributed by atoms with Crippen LogP contribution in [-0.2, 0) is 6.42 Å². The third-order valence-corrected chi connectivity index (χ3v) is 3.94. The molecule has 0 bridgehead atoms. The minimum atomic E-state index is 0.219. The lowest BCUT2D eigenvalue weighted by Crippen LogP contribution is -2.21. The largest absolute Gasteiger partial charge is 0.396 e. The van der Waals surface area contributed by atoms with E-state index < -0.39 is 0 Å². The van der Waals surface area contributed by atoms with Gasteiger partial charge in [-0.2, -0.15) is 0 Å². The van der Waals surface area contributed by atoms with E-state index in [9.17, 15) is 5.11 Å². The molecule has 1 N–H and O–H groups in total. The van der Waals surface area contributed by atoms with Crippen LogP contribution in [0, 0.1) is 5.41 Å². The lowest BCUT2D eigenvalue weighted by Gasteiger charge is -2.21. The van der Waals surface area contributed by atoms with E-state index in [1.807, 2.05) is 0 Å². The number of hydrogen-bond acceptors (Lipinski definition) is 2. The number of aliphatic hydroxyl groups excluding tert-OH is 1. The van der Waals surface area contributed by atoms with Crippen molar-refractivity contribution in [1.82, 2.24) is 0 Å². The van der Waals surface area contributed by atoms with Gasteiger partial charge < -0.3 is 10.0 Å². The zero-order chi connectivity index (χ0) is 12.3. The molecule has 1 fully saturated rings. The first-order valence-electron chi connectivity index (χ1n) is 6.68. The quantitative estimate of drug-likeness (QED) is 0.816. The molecule has 1 aromatic carbocycles. The molecule has 2 heteroatoms. The van der Waals surface area contributed by atoms with E-state index in [0.717, 1.165) is 19.5 Å². The topological polar surface area (TPSA) is 23.5 Å². The molecule has 0 atom stereocenters. The van der Waals surface area contributed by atoms with Gasteiger partial charge in [0.25, 0.3) is 0 Å². The van der Waals surface area contributed by atoms with E-state index in [1.54, 1.807) is 0 Å². The molecule has 1 aliphatic carbocycles. The van der Waals surface area contributed by atoms with Crippen molar-refractivity contribution in [3.05, 3.63) is 29.8 Å². The molecule has 1 aliphatic rings. The summed E-state index contributed by atoms with van der Waals surface area (Å²) in [6.45, 7) is 6.81. The van der Waals surface area contributed by atoms with E-state index in [0.29, 0.717) is 6.61 Å². The Bertz CT molecular complexity index is 350. The Morgan fingerprint density at radius 2 is 1.71 bits per heavy atom. The third-order valence-electron chi connectivity index (χ3n) is 3.94. The SMILES string of the molecule is CCN(CC)c1ccc(CC2(CO)CC2)cc1. The Morgan fingerprint density at radius 1 is 1.12 bits per heavy atom. The molecule has 0 unspecified atom stereocenters. The molecule has 0 amide bonds. The maximum Gasteiger partial charge on any atom is 0.0490 e. The van der Waals surface area contributed by atoms with Gasteiger partial charge >= 0.3 is 0 Å². The highest BCUT2D eigenvalue weighted by atomic mass is 16.3. The number of anilines is 1. The van der Waals surface area contributed by atoms with E-state index in [1.165, 1.54) is 24.1 Å². The predicted molar refractivity (Wildman–Crippen MR) is 72.5 cm³/mol. The monoisotopic (exact) mass is 233 g/mol. The number of aliphatic hydroxyl groups is 1. The van der Waals surface area contributed by atoms with Gasteiger partial charge in [-0.15, -0.1) is 0 Å². The average molecular weight is 233 g/mol. The molecule has 0 aromatic heterocycles. The van der Waals surface area contributed by atoms with Crippen molar-refractivity contribution in [2.24, 2.45) is 5.41 Å². The fraction of sp³-hybridized carbons (Fsp3) is 0.600. The summed E-state index contributed by atoms with van der Waals surface area (Å²) in [6.07, 6.45) is 3.39. The van der Waals surface area contributed by atoms with Crippen molar-refractivity contribution < 1.29 is 5.11 Å². The van der Waals surface area contributed by atoms with Gasteiger partial charge in [-0.3, -0.25) is 0 Å². The van der Waals surface area contributed by atoms with E-state index in [-0.39, 0.29) is 5.41 Å². The summed E-state index contributed by atoms with van der Waals surface area (Å²) >= 11 is 0. The number of nitrogens with zero attached hydrogens (tertiary/aromatic N) is 1. The van der Waals surface area contributed by atoms with E-state index in [4.69, 9.17) is 0 Å². The lowest BCUT2D eigenvalue weighted by molar-refractivity contribution is 0.211. The number of rotatable bonds is 6. The maximum atomic E-state index is 9.33. The third kappa shape index (κ3) is 2.81. The Kier molecular flexibility index (Phi) is 3.72. The predicted octanol–water partition coefficient (Wildman–Crippen LogP) is 2.85. The first kappa shape index (κ1) is 12.4. The molecule has 2 nitrogen and oxygen atoms in total. The molecule has 0 spiro atoms. The molecule has 0 saturated heterocycles. The van der Waals surface area contributed by atoms with E-state index in [2.05, 4.69) is 43.0 Å². The number of hydrogen-bond donors (Lipinski definition) is 1. The van der Waals surface area contributed by atoms with Crippen molar-refractivity contribution in [1.29, 1.82) is 0 Å². The Hall–Kier alpha value is -1.02. The fourth-order valence-electron chi connectivity index (χ4n) is 2.41. The Labute approximate surface area is 104 Å². The van der Waals surface area contributed by atoms with Gasteiger partial charge in [0, 0.05) is 25.4 Å². The van der Waals surface area contributed by atoms with Crippen LogP contribution in [0.15, 0.2) is 24.3 Å². The first-order chi connectivity index (χ1) is 8.23. The van der Waals surface area contributed by atoms with Gasteiger partial charge in [0.05, 0.1) is 0 Å². The van der Waals surface area contributed by atoms with Crippen molar-refractivity contribution in [2.75, 3.05) is 24.6 Å². The first-order valence-corrected chi connectivity index (χ1v) is 6.68. The highest BCUT2D eigenvalue weighted by Gasteiger charge is 2.41. The lowest BCUT2D eigenvalue weighted by atomic mass is 9.97. The fourth-order valence-corrected chi connectivity index (χ4v) is 2.41. The van der Waals surface area contributed by atoms with Gasteiger partial charge in [-0.25, -0.2) is 0 Å². The second kappa shape index (κ2) is 5.09. The maximum absolute atomic E-state index is 9.33. The minimum Gasteiger partial charge on any atom is -0.396 e. The molecule has 17 heavy (non-hydrogen) atoms. The normalized spacial score (nSPS) is 16.9. The smallest absolute Gasteiger partial charge is 0.0490 e. The summed E-state index contributed by atoms with van der Waals surface area (Å²) in [5.41, 5.74) is 2.87. The number of benzene rings is 1. The van der Waals surface area contributed by atoms with Gasteiger partial charge in [0.1, 0.15) is 0 Å². The van der Waals surface area contributed by atoms with Crippen LogP contribution < -0.4 is 4.90 Å². The van der Waals surface area contributed by atoms with Crippen LogP contribution in [0.25, 0.3) is 0 Å². The van der Waals surface area contributed by atoms with Crippen LogP contribution in [0.4, 0.5) is 5.69 Å². The molecule has 1 aromatic rings. The second-order valence-electron chi connectivity index (χ2n) is 5.17. The molecule has 2 rings (SSSR count). The minimum absolute atomic E-state index is 0.219. The van der Waals surface area contributed by atoms with E-state index >= 15 is 0 Å². The Balaban J connectivity index is 2.02. The zero-order valence-electron chi connectivity index (χ0n) is 10.9. The standard InChI is InChI=1S/C15H23NO/c1-3-16(4-2)14-7-5-13(6-8-14)11-15(12-17)9-10-15/h5-8,17H,3-4,9-12H2,1-2H3. The molecule has 94 valence electrons. The summed E-state index contributed by atoms with van der Waals surface area (Å²) in [6, 6.07) is 8.83. The van der Waals surface area contributed by atoms with Crippen LogP contribution in [0.3, 0.4) is 0 Å². The van der Waals surface area contributed by atoms with Crippen LogP contribution in [0.1, 0.15) is 32.3 Å². The van der Waals surface area contributed by atoms with Crippen LogP contribution in [-0.4, -0.2) is 24.8 Å². The molecule has 0 aliphatic heterocycles. The molecular weight excluding hydrogens is 210 g/mol. The van der Waals surface area contributed by atoms with Gasteiger partial charge in [0.2, 0.25) is 0 Å². The average Bonchev–Trinajstić information content (AvgIpc) is 3.13.